The summed E-state index contributed by atoms with van der Waals surface area (Å²) >= 11 is 0. The van der Waals surface area contributed by atoms with Crippen molar-refractivity contribution in [3.8, 4) is 5.75 Å². The molecule has 0 heterocycles. The van der Waals surface area contributed by atoms with E-state index in [2.05, 4.69) is 9.84 Å². The number of amides is 1. The van der Waals surface area contributed by atoms with Crippen molar-refractivity contribution < 1.29 is 28.8 Å². The van der Waals surface area contributed by atoms with Gasteiger partial charge in [0.05, 0.1) is 0 Å². The van der Waals surface area contributed by atoms with Crippen LogP contribution in [0.2, 0.25) is 0 Å². The number of carboxylic acid groups (broad SMARTS) is 1. The molecule has 0 aliphatic carbocycles. The van der Waals surface area contributed by atoms with Crippen molar-refractivity contribution in [1.29, 1.82) is 0 Å². The zero-order valence-electron chi connectivity index (χ0n) is 7.32. The van der Waals surface area contributed by atoms with E-state index < -0.39 is 13.9 Å². The van der Waals surface area contributed by atoms with Crippen molar-refractivity contribution in [2.24, 2.45) is 0 Å². The lowest BCUT2D eigenvalue weighted by Gasteiger charge is -2.07. The van der Waals surface area contributed by atoms with Crippen LogP contribution in [0.15, 0.2) is 24.3 Å². The SMILES string of the molecule is O=C(O)Nc1ccc(OP(=O)(O)O)cc1. The molecule has 7 nitrogen and oxygen atoms in total. The number of rotatable bonds is 3. The first-order valence-corrected chi connectivity index (χ1v) is 5.25. The molecule has 0 saturated carbocycles. The third-order valence-electron chi connectivity index (χ3n) is 1.33. The molecule has 1 aromatic rings. The molecular formula is C7H8NO6P. The minimum absolute atomic E-state index is 0.0423. The predicted octanol–water partition coefficient (Wildman–Crippen LogP) is 1.25. The van der Waals surface area contributed by atoms with Gasteiger partial charge in [0.2, 0.25) is 0 Å². The Morgan fingerprint density at radius 1 is 1.27 bits per heavy atom. The molecule has 8 heteroatoms. The van der Waals surface area contributed by atoms with Gasteiger partial charge >= 0.3 is 13.9 Å². The van der Waals surface area contributed by atoms with Crippen LogP contribution in [0.3, 0.4) is 0 Å². The first-order chi connectivity index (χ1) is 6.87. The van der Waals surface area contributed by atoms with Crippen LogP contribution in [0.25, 0.3) is 0 Å². The molecular weight excluding hydrogens is 225 g/mol. The Bertz CT molecular complexity index is 396. The third kappa shape index (κ3) is 4.46. The van der Waals surface area contributed by atoms with Gasteiger partial charge < -0.3 is 9.63 Å². The summed E-state index contributed by atoms with van der Waals surface area (Å²) < 4.78 is 14.7. The molecule has 0 atom stereocenters. The second-order valence-corrected chi connectivity index (χ2v) is 3.70. The zero-order chi connectivity index (χ0) is 11.5. The lowest BCUT2D eigenvalue weighted by Crippen LogP contribution is -2.06. The predicted molar refractivity (Wildman–Crippen MR) is 50.8 cm³/mol. The average Bonchev–Trinajstić information content (AvgIpc) is 2.05. The zero-order valence-corrected chi connectivity index (χ0v) is 8.22. The van der Waals surface area contributed by atoms with Gasteiger partial charge in [0.25, 0.3) is 0 Å². The first-order valence-electron chi connectivity index (χ1n) is 3.72. The summed E-state index contributed by atoms with van der Waals surface area (Å²) in [5.74, 6) is -0.0423. The Morgan fingerprint density at radius 3 is 2.20 bits per heavy atom. The topological polar surface area (TPSA) is 116 Å². The van der Waals surface area contributed by atoms with Crippen molar-refractivity contribution >= 4 is 19.6 Å². The molecule has 82 valence electrons. The van der Waals surface area contributed by atoms with Crippen LogP contribution in [-0.4, -0.2) is 21.0 Å². The van der Waals surface area contributed by atoms with Gasteiger partial charge in [-0.25, -0.2) is 9.36 Å². The summed E-state index contributed by atoms with van der Waals surface area (Å²) in [4.78, 5) is 27.1. The lowest BCUT2D eigenvalue weighted by molar-refractivity contribution is 0.209. The molecule has 0 spiro atoms. The Hall–Kier alpha value is -1.56. The maximum absolute atomic E-state index is 10.4. The van der Waals surface area contributed by atoms with Gasteiger partial charge in [-0.15, -0.1) is 0 Å². The monoisotopic (exact) mass is 233 g/mol. The van der Waals surface area contributed by atoms with Crippen LogP contribution in [0.5, 0.6) is 5.75 Å². The van der Waals surface area contributed by atoms with Gasteiger partial charge in [-0.1, -0.05) is 0 Å². The van der Waals surface area contributed by atoms with E-state index in [-0.39, 0.29) is 11.4 Å². The highest BCUT2D eigenvalue weighted by atomic mass is 31.2. The highest BCUT2D eigenvalue weighted by molar-refractivity contribution is 7.46. The molecule has 1 amide bonds. The van der Waals surface area contributed by atoms with Crippen LogP contribution in [-0.2, 0) is 4.57 Å². The number of hydrogen-bond donors (Lipinski definition) is 4. The van der Waals surface area contributed by atoms with Gasteiger partial charge in [0, 0.05) is 5.69 Å². The average molecular weight is 233 g/mol. The molecule has 0 bridgehead atoms. The molecule has 1 aromatic carbocycles. The summed E-state index contributed by atoms with van der Waals surface area (Å²) in [5, 5.41) is 10.4. The van der Waals surface area contributed by atoms with Crippen LogP contribution in [0, 0.1) is 0 Å². The smallest absolute Gasteiger partial charge is 0.465 e. The quantitative estimate of drug-likeness (QED) is 0.584. The molecule has 0 unspecified atom stereocenters. The van der Waals surface area contributed by atoms with Crippen LogP contribution < -0.4 is 9.84 Å². The van der Waals surface area contributed by atoms with E-state index in [0.717, 1.165) is 0 Å². The normalized spacial score (nSPS) is 10.8. The lowest BCUT2D eigenvalue weighted by atomic mass is 10.3. The van der Waals surface area contributed by atoms with Crippen LogP contribution >= 0.6 is 7.82 Å². The standard InChI is InChI=1S/C7H8NO6P/c9-7(10)8-5-1-3-6(4-2-5)14-15(11,12)13/h1-4,8H,(H,9,10)(H2,11,12,13). The number of phosphoric acid groups is 1. The Labute approximate surface area is 84.6 Å². The van der Waals surface area contributed by atoms with E-state index in [9.17, 15) is 9.36 Å². The fourth-order valence-electron chi connectivity index (χ4n) is 0.860. The van der Waals surface area contributed by atoms with Crippen LogP contribution in [0.4, 0.5) is 10.5 Å². The number of benzene rings is 1. The molecule has 0 aliphatic rings. The Kier molecular flexibility index (Phi) is 3.31. The first kappa shape index (κ1) is 11.5. The molecule has 4 N–H and O–H groups in total. The van der Waals surface area contributed by atoms with Crippen LogP contribution in [0.1, 0.15) is 0 Å². The van der Waals surface area contributed by atoms with Crippen molar-refractivity contribution in [3.63, 3.8) is 0 Å². The van der Waals surface area contributed by atoms with E-state index in [1.807, 2.05) is 0 Å². The second-order valence-electron chi connectivity index (χ2n) is 2.54. The number of nitrogens with one attached hydrogen (secondary N) is 1. The number of anilines is 1. The molecule has 0 aliphatic heterocycles. The fraction of sp³-hybridized carbons (Fsp3) is 0. The Morgan fingerprint density at radius 2 is 1.80 bits per heavy atom. The molecule has 1 rings (SSSR count). The highest BCUT2D eigenvalue weighted by Crippen LogP contribution is 2.37. The van der Waals surface area contributed by atoms with E-state index in [1.54, 1.807) is 0 Å². The highest BCUT2D eigenvalue weighted by Gasteiger charge is 2.15. The van der Waals surface area contributed by atoms with Crippen molar-refractivity contribution in [1.82, 2.24) is 0 Å². The number of hydrogen-bond acceptors (Lipinski definition) is 3. The van der Waals surface area contributed by atoms with Crippen molar-refractivity contribution in [3.05, 3.63) is 24.3 Å². The molecule has 0 fully saturated rings. The van der Waals surface area contributed by atoms with E-state index >= 15 is 0 Å². The summed E-state index contributed by atoms with van der Waals surface area (Å²) in [7, 11) is -4.57. The summed E-state index contributed by atoms with van der Waals surface area (Å²) in [6.07, 6.45) is -1.22. The number of carbonyl (C=O) groups is 1. The van der Waals surface area contributed by atoms with E-state index in [1.165, 1.54) is 24.3 Å². The minimum atomic E-state index is -4.57. The molecule has 15 heavy (non-hydrogen) atoms. The molecule has 0 aromatic heterocycles. The van der Waals surface area contributed by atoms with Gasteiger partial charge in [0.1, 0.15) is 5.75 Å². The molecule has 0 radical (unpaired) electrons. The summed E-state index contributed by atoms with van der Waals surface area (Å²) in [6, 6.07) is 5.12. The summed E-state index contributed by atoms with van der Waals surface area (Å²) in [6.45, 7) is 0. The van der Waals surface area contributed by atoms with E-state index in [4.69, 9.17) is 14.9 Å². The van der Waals surface area contributed by atoms with Gasteiger partial charge in [-0.3, -0.25) is 15.1 Å². The maximum Gasteiger partial charge on any atom is 0.524 e. The summed E-state index contributed by atoms with van der Waals surface area (Å²) in [5.41, 5.74) is 0.278. The molecule has 0 saturated heterocycles. The third-order valence-corrected chi connectivity index (χ3v) is 1.78. The van der Waals surface area contributed by atoms with Crippen molar-refractivity contribution in [2.45, 2.75) is 0 Å². The minimum Gasteiger partial charge on any atom is -0.465 e. The largest absolute Gasteiger partial charge is 0.524 e. The Balaban J connectivity index is 2.72. The van der Waals surface area contributed by atoms with E-state index in [0.29, 0.717) is 0 Å². The van der Waals surface area contributed by atoms with Gasteiger partial charge in [0.15, 0.2) is 0 Å². The fourth-order valence-corrected chi connectivity index (χ4v) is 1.26. The maximum atomic E-state index is 10.4. The van der Waals surface area contributed by atoms with Gasteiger partial charge in [-0.05, 0) is 24.3 Å². The van der Waals surface area contributed by atoms with Gasteiger partial charge in [-0.2, -0.15) is 0 Å². The van der Waals surface area contributed by atoms with Crippen molar-refractivity contribution in [2.75, 3.05) is 5.32 Å². The number of phosphoric ester groups is 1. The second kappa shape index (κ2) is 4.31.